The molecule has 0 heterocycles. The summed E-state index contributed by atoms with van der Waals surface area (Å²) in [6.45, 7) is 1.97. The molecule has 1 unspecified atom stereocenters. The van der Waals surface area contributed by atoms with Gasteiger partial charge in [-0.3, -0.25) is 0 Å². The second-order valence-electron chi connectivity index (χ2n) is 4.81. The zero-order chi connectivity index (χ0) is 15.4. The van der Waals surface area contributed by atoms with Crippen LogP contribution in [-0.4, -0.2) is 21.3 Å². The van der Waals surface area contributed by atoms with Gasteiger partial charge < -0.3 is 14.8 Å². The van der Waals surface area contributed by atoms with Crippen LogP contribution in [0.25, 0.3) is 0 Å². The Morgan fingerprint density at radius 2 is 1.76 bits per heavy atom. The first kappa shape index (κ1) is 15.3. The number of halogens is 1. The molecule has 1 N–H and O–H groups in total. The van der Waals surface area contributed by atoms with Gasteiger partial charge in [-0.2, -0.15) is 0 Å². The van der Waals surface area contributed by atoms with Gasteiger partial charge in [0.15, 0.2) is 0 Å². The molecule has 4 heteroatoms. The van der Waals surface area contributed by atoms with Gasteiger partial charge in [0.25, 0.3) is 0 Å². The van der Waals surface area contributed by atoms with E-state index in [2.05, 4.69) is 5.32 Å². The molecule has 1 atom stereocenters. The Hall–Kier alpha value is -2.07. The minimum Gasteiger partial charge on any atom is -0.496 e. The maximum atomic E-state index is 14.3. The molecule has 0 saturated heterocycles. The van der Waals surface area contributed by atoms with E-state index in [1.807, 2.05) is 25.1 Å². The Kier molecular flexibility index (Phi) is 4.81. The highest BCUT2D eigenvalue weighted by Gasteiger charge is 2.21. The third-order valence-corrected chi connectivity index (χ3v) is 3.56. The summed E-state index contributed by atoms with van der Waals surface area (Å²) in [7, 11) is 4.98. The SMILES string of the molecule is CNC(c1ccc(OC)c(C)c1)c1c(F)cccc1OC. The average molecular weight is 289 g/mol. The molecule has 0 saturated carbocycles. The van der Waals surface area contributed by atoms with Crippen molar-refractivity contribution in [2.75, 3.05) is 21.3 Å². The van der Waals surface area contributed by atoms with Gasteiger partial charge >= 0.3 is 0 Å². The highest BCUT2D eigenvalue weighted by molar-refractivity contribution is 5.45. The van der Waals surface area contributed by atoms with Gasteiger partial charge in [-0.15, -0.1) is 0 Å². The molecule has 112 valence electrons. The zero-order valence-electron chi connectivity index (χ0n) is 12.7. The molecular weight excluding hydrogens is 269 g/mol. The number of aryl methyl sites for hydroxylation is 1. The molecule has 2 aromatic carbocycles. The molecular formula is C17H20FNO2. The number of hydrogen-bond acceptors (Lipinski definition) is 3. The van der Waals surface area contributed by atoms with E-state index < -0.39 is 0 Å². The predicted octanol–water partition coefficient (Wildman–Crippen LogP) is 3.46. The van der Waals surface area contributed by atoms with Crippen molar-refractivity contribution >= 4 is 0 Å². The average Bonchev–Trinajstić information content (AvgIpc) is 2.49. The summed E-state index contributed by atoms with van der Waals surface area (Å²) in [4.78, 5) is 0. The normalized spacial score (nSPS) is 12.0. The van der Waals surface area contributed by atoms with E-state index in [-0.39, 0.29) is 11.9 Å². The van der Waals surface area contributed by atoms with Crippen molar-refractivity contribution < 1.29 is 13.9 Å². The van der Waals surface area contributed by atoms with Gasteiger partial charge in [0.2, 0.25) is 0 Å². The van der Waals surface area contributed by atoms with Crippen LogP contribution in [0.5, 0.6) is 11.5 Å². The largest absolute Gasteiger partial charge is 0.496 e. The second-order valence-corrected chi connectivity index (χ2v) is 4.81. The number of nitrogens with one attached hydrogen (secondary N) is 1. The maximum absolute atomic E-state index is 14.3. The van der Waals surface area contributed by atoms with Crippen LogP contribution < -0.4 is 14.8 Å². The van der Waals surface area contributed by atoms with E-state index in [0.717, 1.165) is 16.9 Å². The van der Waals surface area contributed by atoms with Crippen molar-refractivity contribution in [1.82, 2.24) is 5.32 Å². The monoisotopic (exact) mass is 289 g/mol. The van der Waals surface area contributed by atoms with Gasteiger partial charge in [0, 0.05) is 0 Å². The molecule has 2 aromatic rings. The minimum absolute atomic E-state index is 0.286. The van der Waals surface area contributed by atoms with E-state index >= 15 is 0 Å². The Morgan fingerprint density at radius 1 is 1.05 bits per heavy atom. The third-order valence-electron chi connectivity index (χ3n) is 3.56. The Morgan fingerprint density at radius 3 is 2.33 bits per heavy atom. The molecule has 3 nitrogen and oxygen atoms in total. The lowest BCUT2D eigenvalue weighted by molar-refractivity contribution is 0.398. The van der Waals surface area contributed by atoms with E-state index in [1.165, 1.54) is 6.07 Å². The van der Waals surface area contributed by atoms with Gasteiger partial charge in [-0.05, 0) is 43.3 Å². The Labute approximate surface area is 124 Å². The number of hydrogen-bond donors (Lipinski definition) is 1. The Bertz CT molecular complexity index is 628. The molecule has 0 aliphatic carbocycles. The molecule has 0 bridgehead atoms. The van der Waals surface area contributed by atoms with Crippen molar-refractivity contribution in [2.45, 2.75) is 13.0 Å². The summed E-state index contributed by atoms with van der Waals surface area (Å²) >= 11 is 0. The van der Waals surface area contributed by atoms with Gasteiger partial charge in [0.05, 0.1) is 25.8 Å². The number of methoxy groups -OCH3 is 2. The highest BCUT2D eigenvalue weighted by Crippen LogP contribution is 2.33. The highest BCUT2D eigenvalue weighted by atomic mass is 19.1. The fourth-order valence-corrected chi connectivity index (χ4v) is 2.53. The van der Waals surface area contributed by atoms with Crippen LogP contribution in [0.1, 0.15) is 22.7 Å². The van der Waals surface area contributed by atoms with Crippen LogP contribution in [0.2, 0.25) is 0 Å². The fraction of sp³-hybridized carbons (Fsp3) is 0.294. The van der Waals surface area contributed by atoms with Crippen LogP contribution in [0.3, 0.4) is 0 Å². The quantitative estimate of drug-likeness (QED) is 0.914. The van der Waals surface area contributed by atoms with Crippen molar-refractivity contribution in [3.8, 4) is 11.5 Å². The lowest BCUT2D eigenvalue weighted by Crippen LogP contribution is -2.20. The Balaban J connectivity index is 2.52. The van der Waals surface area contributed by atoms with Gasteiger partial charge in [-0.1, -0.05) is 18.2 Å². The van der Waals surface area contributed by atoms with Crippen molar-refractivity contribution in [2.24, 2.45) is 0 Å². The summed E-state index contributed by atoms with van der Waals surface area (Å²) in [6.07, 6.45) is 0. The molecule has 0 aromatic heterocycles. The van der Waals surface area contributed by atoms with Gasteiger partial charge in [0.1, 0.15) is 17.3 Å². The standard InChI is InChI=1S/C17H20FNO2/c1-11-10-12(8-9-14(11)20-3)17(19-2)16-13(18)6-5-7-15(16)21-4/h5-10,17,19H,1-4H3. The van der Waals surface area contributed by atoms with Crippen LogP contribution in [0.4, 0.5) is 4.39 Å². The van der Waals surface area contributed by atoms with Crippen LogP contribution in [-0.2, 0) is 0 Å². The summed E-state index contributed by atoms with van der Waals surface area (Å²) in [5, 5.41) is 3.15. The predicted molar refractivity (Wildman–Crippen MR) is 81.6 cm³/mol. The maximum Gasteiger partial charge on any atom is 0.132 e. The molecule has 2 rings (SSSR count). The number of rotatable bonds is 5. The minimum atomic E-state index is -0.290. The van der Waals surface area contributed by atoms with Crippen LogP contribution in [0.15, 0.2) is 36.4 Å². The molecule has 0 radical (unpaired) electrons. The molecule has 21 heavy (non-hydrogen) atoms. The smallest absolute Gasteiger partial charge is 0.132 e. The summed E-state index contributed by atoms with van der Waals surface area (Å²) < 4.78 is 24.8. The fourth-order valence-electron chi connectivity index (χ4n) is 2.53. The van der Waals surface area contributed by atoms with E-state index in [0.29, 0.717) is 11.3 Å². The first-order chi connectivity index (χ1) is 10.1. The molecule has 0 fully saturated rings. The van der Waals surface area contributed by atoms with Crippen LogP contribution in [0, 0.1) is 12.7 Å². The topological polar surface area (TPSA) is 30.5 Å². The number of ether oxygens (including phenoxy) is 2. The first-order valence-corrected chi connectivity index (χ1v) is 6.76. The van der Waals surface area contributed by atoms with Crippen LogP contribution >= 0.6 is 0 Å². The molecule has 0 aliphatic rings. The van der Waals surface area contributed by atoms with Crippen molar-refractivity contribution in [1.29, 1.82) is 0 Å². The summed E-state index contributed by atoms with van der Waals surface area (Å²) in [5.74, 6) is 1.05. The second kappa shape index (κ2) is 6.59. The lowest BCUT2D eigenvalue weighted by atomic mass is 9.96. The summed E-state index contributed by atoms with van der Waals surface area (Å²) in [5.41, 5.74) is 2.47. The summed E-state index contributed by atoms with van der Waals surface area (Å²) in [6, 6.07) is 10.4. The van der Waals surface area contributed by atoms with Crippen molar-refractivity contribution in [3.05, 3.63) is 58.9 Å². The molecule has 0 amide bonds. The zero-order valence-corrected chi connectivity index (χ0v) is 12.7. The molecule has 0 spiro atoms. The number of benzene rings is 2. The van der Waals surface area contributed by atoms with E-state index in [9.17, 15) is 4.39 Å². The lowest BCUT2D eigenvalue weighted by Gasteiger charge is -2.21. The molecule has 0 aliphatic heterocycles. The van der Waals surface area contributed by atoms with Gasteiger partial charge in [-0.25, -0.2) is 4.39 Å². The van der Waals surface area contributed by atoms with E-state index in [1.54, 1.807) is 33.4 Å². The third kappa shape index (κ3) is 3.00. The first-order valence-electron chi connectivity index (χ1n) is 6.76. The van der Waals surface area contributed by atoms with E-state index in [4.69, 9.17) is 9.47 Å². The van der Waals surface area contributed by atoms with Crippen molar-refractivity contribution in [3.63, 3.8) is 0 Å².